The predicted octanol–water partition coefficient (Wildman–Crippen LogP) is 0.202. The standard InChI is InChI=1S/C14H23N3O4/c18-12(16-14(19)15-10-4-5-10)9-17-6-2-1-3-11(17)13-20-7-8-21-13/h10-11,13H,1-9H2,(H2,15,16,18,19). The van der Waals surface area contributed by atoms with Gasteiger partial charge in [0.05, 0.1) is 25.8 Å². The smallest absolute Gasteiger partial charge is 0.321 e. The van der Waals surface area contributed by atoms with Crippen LogP contribution in [0.3, 0.4) is 0 Å². The first kappa shape index (κ1) is 14.7. The number of rotatable bonds is 4. The van der Waals surface area contributed by atoms with Gasteiger partial charge in [-0.25, -0.2) is 4.79 Å². The van der Waals surface area contributed by atoms with Crippen LogP contribution in [-0.2, 0) is 14.3 Å². The number of piperidine rings is 1. The monoisotopic (exact) mass is 297 g/mol. The molecule has 7 heteroatoms. The summed E-state index contributed by atoms with van der Waals surface area (Å²) < 4.78 is 11.1. The molecule has 2 aliphatic heterocycles. The van der Waals surface area contributed by atoms with Crippen molar-refractivity contribution in [1.82, 2.24) is 15.5 Å². The molecular formula is C14H23N3O4. The Balaban J connectivity index is 1.48. The van der Waals surface area contributed by atoms with Crippen LogP contribution in [0.2, 0.25) is 0 Å². The summed E-state index contributed by atoms with van der Waals surface area (Å²) in [4.78, 5) is 25.6. The second-order valence-corrected chi connectivity index (χ2v) is 5.94. The molecule has 3 amide bonds. The van der Waals surface area contributed by atoms with Gasteiger partial charge in [-0.15, -0.1) is 0 Å². The Morgan fingerprint density at radius 1 is 1.10 bits per heavy atom. The molecule has 2 N–H and O–H groups in total. The first-order valence-electron chi connectivity index (χ1n) is 7.80. The number of hydrogen-bond donors (Lipinski definition) is 2. The molecule has 0 radical (unpaired) electrons. The van der Waals surface area contributed by atoms with Gasteiger partial charge in [-0.1, -0.05) is 6.42 Å². The summed E-state index contributed by atoms with van der Waals surface area (Å²) in [5.74, 6) is -0.266. The van der Waals surface area contributed by atoms with Crippen molar-refractivity contribution in [3.63, 3.8) is 0 Å². The van der Waals surface area contributed by atoms with Crippen molar-refractivity contribution < 1.29 is 19.1 Å². The Morgan fingerprint density at radius 3 is 2.57 bits per heavy atom. The molecule has 1 aliphatic carbocycles. The van der Waals surface area contributed by atoms with Gasteiger partial charge in [-0.05, 0) is 32.2 Å². The van der Waals surface area contributed by atoms with E-state index in [9.17, 15) is 9.59 Å². The Bertz CT molecular complexity index is 394. The molecule has 7 nitrogen and oxygen atoms in total. The number of nitrogens with zero attached hydrogens (tertiary/aromatic N) is 1. The second kappa shape index (κ2) is 6.72. The van der Waals surface area contributed by atoms with E-state index < -0.39 is 0 Å². The summed E-state index contributed by atoms with van der Waals surface area (Å²) in [6, 6.07) is -0.0243. The van der Waals surface area contributed by atoms with Gasteiger partial charge < -0.3 is 14.8 Å². The minimum atomic E-state index is -0.385. The summed E-state index contributed by atoms with van der Waals surface area (Å²) in [5, 5.41) is 5.15. The Hall–Kier alpha value is -1.18. The lowest BCUT2D eigenvalue weighted by molar-refractivity contribution is -0.130. The molecule has 0 spiro atoms. The van der Waals surface area contributed by atoms with E-state index in [0.717, 1.165) is 38.6 Å². The average molecular weight is 297 g/mol. The van der Waals surface area contributed by atoms with Crippen molar-refractivity contribution in [2.45, 2.75) is 50.5 Å². The maximum absolute atomic E-state index is 12.0. The van der Waals surface area contributed by atoms with Crippen molar-refractivity contribution in [3.05, 3.63) is 0 Å². The molecule has 3 aliphatic rings. The van der Waals surface area contributed by atoms with Crippen molar-refractivity contribution in [1.29, 1.82) is 0 Å². The van der Waals surface area contributed by atoms with Crippen LogP contribution in [0.5, 0.6) is 0 Å². The topological polar surface area (TPSA) is 79.9 Å². The third-order valence-electron chi connectivity index (χ3n) is 4.14. The summed E-state index contributed by atoms with van der Waals surface area (Å²) in [7, 11) is 0. The van der Waals surface area contributed by atoms with Crippen LogP contribution < -0.4 is 10.6 Å². The molecule has 21 heavy (non-hydrogen) atoms. The number of ether oxygens (including phenoxy) is 2. The fraction of sp³-hybridized carbons (Fsp3) is 0.857. The predicted molar refractivity (Wildman–Crippen MR) is 74.6 cm³/mol. The molecule has 3 fully saturated rings. The molecular weight excluding hydrogens is 274 g/mol. The van der Waals surface area contributed by atoms with Crippen LogP contribution in [0.15, 0.2) is 0 Å². The van der Waals surface area contributed by atoms with Crippen LogP contribution >= 0.6 is 0 Å². The quantitative estimate of drug-likeness (QED) is 0.775. The van der Waals surface area contributed by atoms with E-state index in [2.05, 4.69) is 15.5 Å². The molecule has 2 saturated heterocycles. The van der Waals surface area contributed by atoms with Crippen molar-refractivity contribution >= 4 is 11.9 Å². The fourth-order valence-corrected chi connectivity index (χ4v) is 2.92. The van der Waals surface area contributed by atoms with Gasteiger partial charge in [0.25, 0.3) is 0 Å². The first-order valence-corrected chi connectivity index (χ1v) is 7.80. The van der Waals surface area contributed by atoms with E-state index in [1.54, 1.807) is 0 Å². The number of urea groups is 1. The van der Waals surface area contributed by atoms with Crippen LogP contribution in [0, 0.1) is 0 Å². The van der Waals surface area contributed by atoms with E-state index in [1.165, 1.54) is 0 Å². The zero-order valence-corrected chi connectivity index (χ0v) is 12.2. The first-order chi connectivity index (χ1) is 10.2. The van der Waals surface area contributed by atoms with Gasteiger partial charge in [-0.2, -0.15) is 0 Å². The van der Waals surface area contributed by atoms with E-state index in [4.69, 9.17) is 9.47 Å². The van der Waals surface area contributed by atoms with Crippen LogP contribution in [0.4, 0.5) is 4.79 Å². The lowest BCUT2D eigenvalue weighted by atomic mass is 10.0. The number of carbonyl (C=O) groups excluding carboxylic acids is 2. The van der Waals surface area contributed by atoms with Gasteiger partial charge in [0.2, 0.25) is 5.91 Å². The van der Waals surface area contributed by atoms with E-state index in [-0.39, 0.29) is 36.9 Å². The largest absolute Gasteiger partial charge is 0.349 e. The highest BCUT2D eigenvalue weighted by Gasteiger charge is 2.34. The fourth-order valence-electron chi connectivity index (χ4n) is 2.92. The highest BCUT2D eigenvalue weighted by molar-refractivity contribution is 5.95. The zero-order valence-electron chi connectivity index (χ0n) is 12.2. The van der Waals surface area contributed by atoms with Crippen LogP contribution in [0.25, 0.3) is 0 Å². The van der Waals surface area contributed by atoms with Gasteiger partial charge in [-0.3, -0.25) is 15.0 Å². The van der Waals surface area contributed by atoms with Crippen LogP contribution in [0.1, 0.15) is 32.1 Å². The Labute approximate surface area is 124 Å². The lowest BCUT2D eigenvalue weighted by Crippen LogP contribution is -2.52. The maximum atomic E-state index is 12.0. The Morgan fingerprint density at radius 2 is 1.86 bits per heavy atom. The minimum Gasteiger partial charge on any atom is -0.349 e. The second-order valence-electron chi connectivity index (χ2n) is 5.94. The van der Waals surface area contributed by atoms with Crippen molar-refractivity contribution in [2.75, 3.05) is 26.3 Å². The molecule has 0 bridgehead atoms. The molecule has 0 aromatic rings. The number of likely N-dealkylation sites (tertiary alicyclic amines) is 1. The maximum Gasteiger partial charge on any atom is 0.321 e. The van der Waals surface area contributed by atoms with Crippen molar-refractivity contribution in [2.24, 2.45) is 0 Å². The highest BCUT2D eigenvalue weighted by atomic mass is 16.7. The molecule has 2 heterocycles. The molecule has 1 atom stereocenters. The Kier molecular flexibility index (Phi) is 4.72. The SMILES string of the molecule is O=C(CN1CCCCC1C1OCCO1)NC(=O)NC1CC1. The zero-order chi connectivity index (χ0) is 14.7. The third-order valence-corrected chi connectivity index (χ3v) is 4.14. The molecule has 3 rings (SSSR count). The highest BCUT2D eigenvalue weighted by Crippen LogP contribution is 2.24. The summed E-state index contributed by atoms with van der Waals surface area (Å²) in [5.41, 5.74) is 0. The number of hydrogen-bond acceptors (Lipinski definition) is 5. The lowest BCUT2D eigenvalue weighted by Gasteiger charge is -2.37. The number of carbonyl (C=O) groups is 2. The molecule has 118 valence electrons. The van der Waals surface area contributed by atoms with Crippen molar-refractivity contribution in [3.8, 4) is 0 Å². The molecule has 0 aromatic carbocycles. The number of imide groups is 1. The normalized spacial score (nSPS) is 27.5. The van der Waals surface area contributed by atoms with Crippen LogP contribution in [-0.4, -0.2) is 61.5 Å². The minimum absolute atomic E-state index is 0.110. The van der Waals surface area contributed by atoms with Gasteiger partial charge in [0.15, 0.2) is 6.29 Å². The van der Waals surface area contributed by atoms with Gasteiger partial charge in [0.1, 0.15) is 0 Å². The van der Waals surface area contributed by atoms with E-state index >= 15 is 0 Å². The molecule has 1 saturated carbocycles. The molecule has 1 unspecified atom stereocenters. The number of amides is 3. The summed E-state index contributed by atoms with van der Waals surface area (Å²) >= 11 is 0. The van der Waals surface area contributed by atoms with Gasteiger partial charge in [0, 0.05) is 6.04 Å². The average Bonchev–Trinajstić information content (AvgIpc) is 3.09. The summed E-state index contributed by atoms with van der Waals surface area (Å²) in [6.45, 7) is 2.29. The van der Waals surface area contributed by atoms with Gasteiger partial charge >= 0.3 is 6.03 Å². The van der Waals surface area contributed by atoms with E-state index in [1.807, 2.05) is 0 Å². The van der Waals surface area contributed by atoms with E-state index in [0.29, 0.717) is 13.2 Å². The molecule has 0 aromatic heterocycles. The number of nitrogens with one attached hydrogen (secondary N) is 2. The summed E-state index contributed by atoms with van der Waals surface area (Å²) in [6.07, 6.45) is 4.92. The third kappa shape index (κ3) is 4.15.